The van der Waals surface area contributed by atoms with Crippen LogP contribution >= 0.6 is 11.8 Å². The highest BCUT2D eigenvalue weighted by Crippen LogP contribution is 2.21. The van der Waals surface area contributed by atoms with Gasteiger partial charge >= 0.3 is 5.88 Å². The van der Waals surface area contributed by atoms with Crippen molar-refractivity contribution in [1.82, 2.24) is 9.80 Å². The molecular formula is C18H17N5O4S. The first-order valence-electron chi connectivity index (χ1n) is 8.73. The number of carbonyl (C=O) groups excluding carboxylic acids is 1. The average Bonchev–Trinajstić information content (AvgIpc) is 3.25. The van der Waals surface area contributed by atoms with Gasteiger partial charge in [-0.1, -0.05) is 42.1 Å². The highest BCUT2D eigenvalue weighted by atomic mass is 32.2. The van der Waals surface area contributed by atoms with Gasteiger partial charge in [0.2, 0.25) is 0 Å². The second-order valence-electron chi connectivity index (χ2n) is 6.26. The molecule has 0 spiro atoms. The van der Waals surface area contributed by atoms with Gasteiger partial charge in [-0.25, -0.2) is 0 Å². The molecule has 1 aromatic heterocycles. The molecule has 1 fully saturated rings. The van der Waals surface area contributed by atoms with Crippen LogP contribution in [0.2, 0.25) is 0 Å². The van der Waals surface area contributed by atoms with E-state index in [1.54, 1.807) is 16.7 Å². The first-order chi connectivity index (χ1) is 13.6. The lowest BCUT2D eigenvalue weighted by molar-refractivity contribution is -0.402. The topological polar surface area (TPSA) is 105 Å². The zero-order valence-electron chi connectivity index (χ0n) is 14.9. The molecule has 0 atom stereocenters. The van der Waals surface area contributed by atoms with Gasteiger partial charge in [0.25, 0.3) is 5.91 Å². The maximum Gasteiger partial charge on any atom is 0.433 e. The quantitative estimate of drug-likeness (QED) is 0.580. The number of hydrogen-bond acceptors (Lipinski definition) is 8. The van der Waals surface area contributed by atoms with E-state index in [1.807, 2.05) is 30.3 Å². The van der Waals surface area contributed by atoms with Gasteiger partial charge in [-0.05, 0) is 11.6 Å². The minimum absolute atomic E-state index is 0.0124. The van der Waals surface area contributed by atoms with Gasteiger partial charge in [-0.3, -0.25) is 14.9 Å². The van der Waals surface area contributed by atoms with E-state index in [0.717, 1.165) is 22.2 Å². The summed E-state index contributed by atoms with van der Waals surface area (Å²) in [5.74, 6) is -0.0306. The molecule has 1 saturated heterocycles. The lowest BCUT2D eigenvalue weighted by atomic mass is 10.1. The lowest BCUT2D eigenvalue weighted by Gasteiger charge is -2.35. The van der Waals surface area contributed by atoms with Gasteiger partial charge in [0.05, 0.1) is 11.8 Å². The summed E-state index contributed by atoms with van der Waals surface area (Å²) in [5, 5.41) is 20.3. The molecule has 2 aromatic rings. The fourth-order valence-electron chi connectivity index (χ4n) is 3.02. The third-order valence-corrected chi connectivity index (χ3v) is 5.54. The van der Waals surface area contributed by atoms with Crippen molar-refractivity contribution in [1.29, 1.82) is 0 Å². The van der Waals surface area contributed by atoms with Crippen LogP contribution < -0.4 is 0 Å². The van der Waals surface area contributed by atoms with E-state index in [4.69, 9.17) is 4.42 Å². The first-order valence-corrected chi connectivity index (χ1v) is 9.71. The molecule has 1 aromatic carbocycles. The number of amidine groups is 1. The Morgan fingerprint density at radius 2 is 1.82 bits per heavy atom. The second-order valence-corrected chi connectivity index (χ2v) is 7.20. The molecule has 28 heavy (non-hydrogen) atoms. The van der Waals surface area contributed by atoms with Crippen molar-refractivity contribution in [3.05, 3.63) is 63.9 Å². The van der Waals surface area contributed by atoms with Crippen molar-refractivity contribution in [2.45, 2.75) is 0 Å². The Morgan fingerprint density at radius 3 is 2.43 bits per heavy atom. The van der Waals surface area contributed by atoms with Crippen molar-refractivity contribution in [2.75, 3.05) is 31.9 Å². The number of furan rings is 1. The maximum atomic E-state index is 12.5. The van der Waals surface area contributed by atoms with Crippen LogP contribution in [0.25, 0.3) is 0 Å². The highest BCUT2D eigenvalue weighted by Gasteiger charge is 2.28. The smallest absolute Gasteiger partial charge is 0.395 e. The van der Waals surface area contributed by atoms with E-state index < -0.39 is 10.8 Å². The monoisotopic (exact) mass is 399 g/mol. The molecule has 0 radical (unpaired) electrons. The van der Waals surface area contributed by atoms with Crippen molar-refractivity contribution in [3.8, 4) is 0 Å². The molecule has 10 heteroatoms. The highest BCUT2D eigenvalue weighted by molar-refractivity contribution is 8.14. The zero-order valence-corrected chi connectivity index (χ0v) is 15.7. The maximum absolute atomic E-state index is 12.5. The first kappa shape index (κ1) is 18.2. The van der Waals surface area contributed by atoms with Gasteiger partial charge in [0.15, 0.2) is 10.9 Å². The van der Waals surface area contributed by atoms with Gasteiger partial charge < -0.3 is 14.2 Å². The third kappa shape index (κ3) is 3.77. The molecule has 2 aliphatic rings. The van der Waals surface area contributed by atoms with E-state index in [0.29, 0.717) is 26.2 Å². The number of hydrogen-bond donors (Lipinski definition) is 0. The molecule has 1 amide bonds. The normalized spacial score (nSPS) is 17.1. The van der Waals surface area contributed by atoms with Crippen LogP contribution in [-0.2, 0) is 0 Å². The summed E-state index contributed by atoms with van der Waals surface area (Å²) < 4.78 is 5.01. The lowest BCUT2D eigenvalue weighted by Crippen LogP contribution is -2.50. The number of rotatable bonds is 3. The number of benzene rings is 1. The Hall–Kier alpha value is -3.14. The molecule has 4 rings (SSSR count). The molecule has 0 N–H and O–H groups in total. The molecule has 3 heterocycles. The number of nitro groups is 1. The van der Waals surface area contributed by atoms with Crippen LogP contribution in [0.3, 0.4) is 0 Å². The van der Waals surface area contributed by atoms with Crippen molar-refractivity contribution >= 4 is 34.4 Å². The molecule has 0 unspecified atom stereocenters. The fraction of sp³-hybridized carbons (Fsp3) is 0.278. The van der Waals surface area contributed by atoms with E-state index in [9.17, 15) is 14.9 Å². The summed E-state index contributed by atoms with van der Waals surface area (Å²) in [7, 11) is 0. The van der Waals surface area contributed by atoms with E-state index in [1.165, 1.54) is 12.1 Å². The van der Waals surface area contributed by atoms with Crippen LogP contribution in [0, 0.1) is 10.1 Å². The van der Waals surface area contributed by atoms with Crippen LogP contribution in [0.5, 0.6) is 0 Å². The fourth-order valence-corrected chi connectivity index (χ4v) is 3.97. The third-order valence-electron chi connectivity index (χ3n) is 4.52. The van der Waals surface area contributed by atoms with E-state index in [2.05, 4.69) is 15.1 Å². The Balaban J connectivity index is 1.36. The number of thioether (sulfide) groups is 1. The number of nitrogens with zero attached hydrogens (tertiary/aromatic N) is 5. The van der Waals surface area contributed by atoms with Gasteiger partial charge in [-0.15, -0.1) is 5.10 Å². The molecule has 0 bridgehead atoms. The molecule has 0 saturated carbocycles. The predicted molar refractivity (Wildman–Crippen MR) is 106 cm³/mol. The number of carbonyl (C=O) groups is 1. The van der Waals surface area contributed by atoms with Crippen molar-refractivity contribution in [3.63, 3.8) is 0 Å². The second kappa shape index (κ2) is 7.85. The average molecular weight is 399 g/mol. The minimum Gasteiger partial charge on any atom is -0.395 e. The minimum atomic E-state index is -0.655. The Kier molecular flexibility index (Phi) is 5.11. The summed E-state index contributed by atoms with van der Waals surface area (Å²) in [6, 6.07) is 12.5. The Bertz CT molecular complexity index is 948. The molecular weight excluding hydrogens is 382 g/mol. The zero-order chi connectivity index (χ0) is 19.5. The Labute approximate surface area is 164 Å². The SMILES string of the molecule is O=C(c1ccc([N+](=O)[O-])o1)N1CCN(C2=NN=C(c3ccccc3)CS2)CC1. The summed E-state index contributed by atoms with van der Waals surface area (Å²) in [6.07, 6.45) is 0. The Morgan fingerprint density at radius 1 is 1.07 bits per heavy atom. The molecule has 2 aliphatic heterocycles. The number of piperazine rings is 1. The predicted octanol–water partition coefficient (Wildman–Crippen LogP) is 2.45. The number of amides is 1. The summed E-state index contributed by atoms with van der Waals surface area (Å²) in [4.78, 5) is 26.2. The standard InChI is InChI=1S/C18H17N5O4S/c24-17(15-6-7-16(27-15)23(25)26)21-8-10-22(11-9-21)18-20-19-14(12-28-18)13-4-2-1-3-5-13/h1-7H,8-12H2. The van der Waals surface area contributed by atoms with Crippen LogP contribution in [0.4, 0.5) is 5.88 Å². The van der Waals surface area contributed by atoms with Gasteiger partial charge in [-0.2, -0.15) is 5.10 Å². The van der Waals surface area contributed by atoms with Crippen LogP contribution in [0.1, 0.15) is 16.1 Å². The van der Waals surface area contributed by atoms with Gasteiger partial charge in [0, 0.05) is 31.9 Å². The summed E-state index contributed by atoms with van der Waals surface area (Å²) in [5.41, 5.74) is 2.02. The van der Waals surface area contributed by atoms with Crippen LogP contribution in [0.15, 0.2) is 57.1 Å². The summed E-state index contributed by atoms with van der Waals surface area (Å²) in [6.45, 7) is 2.22. The van der Waals surface area contributed by atoms with Crippen LogP contribution in [-0.4, -0.2) is 63.4 Å². The molecule has 144 valence electrons. The molecule has 9 nitrogen and oxygen atoms in total. The molecule has 0 aliphatic carbocycles. The van der Waals surface area contributed by atoms with E-state index in [-0.39, 0.29) is 11.7 Å². The van der Waals surface area contributed by atoms with Crippen molar-refractivity contribution in [2.24, 2.45) is 10.2 Å². The largest absolute Gasteiger partial charge is 0.433 e. The summed E-state index contributed by atoms with van der Waals surface area (Å²) >= 11 is 1.63. The van der Waals surface area contributed by atoms with Gasteiger partial charge in [0.1, 0.15) is 4.92 Å². The van der Waals surface area contributed by atoms with E-state index >= 15 is 0 Å². The van der Waals surface area contributed by atoms with Crippen molar-refractivity contribution < 1.29 is 14.1 Å².